The molecule has 8 heteroatoms. The van der Waals surface area contributed by atoms with Crippen molar-refractivity contribution in [3.8, 4) is 11.5 Å². The van der Waals surface area contributed by atoms with Gasteiger partial charge in [-0.3, -0.25) is 9.69 Å². The number of halogens is 3. The molecule has 0 spiro atoms. The van der Waals surface area contributed by atoms with Crippen molar-refractivity contribution in [2.24, 2.45) is 0 Å². The first-order valence-electron chi connectivity index (χ1n) is 9.90. The van der Waals surface area contributed by atoms with Gasteiger partial charge in [0, 0.05) is 6.54 Å². The Morgan fingerprint density at radius 1 is 1.13 bits per heavy atom. The van der Waals surface area contributed by atoms with E-state index in [9.17, 15) is 18.0 Å². The SMILES string of the molecule is COc1cc2c(cc1OC)[C@@](COC(=O)[C@@H](C)c1ccccc1)(C(F)(F)F)N(C)CC2. The molecule has 1 heterocycles. The van der Waals surface area contributed by atoms with Crippen molar-refractivity contribution in [1.82, 2.24) is 4.90 Å². The number of nitrogens with zero attached hydrogens (tertiary/aromatic N) is 1. The quantitative estimate of drug-likeness (QED) is 0.631. The number of esters is 1. The molecule has 1 aliphatic heterocycles. The smallest absolute Gasteiger partial charge is 0.414 e. The van der Waals surface area contributed by atoms with Gasteiger partial charge in [0.05, 0.1) is 20.1 Å². The average Bonchev–Trinajstić information content (AvgIpc) is 2.76. The Balaban J connectivity index is 2.00. The molecule has 2 atom stereocenters. The molecule has 3 rings (SSSR count). The molecular weight excluding hydrogens is 411 g/mol. The zero-order chi connectivity index (χ0) is 22.8. The van der Waals surface area contributed by atoms with Crippen molar-refractivity contribution in [2.75, 3.05) is 34.4 Å². The maximum atomic E-state index is 14.6. The summed E-state index contributed by atoms with van der Waals surface area (Å²) in [4.78, 5) is 13.8. The minimum absolute atomic E-state index is 0.00608. The molecule has 0 aromatic heterocycles. The molecule has 0 unspecified atom stereocenters. The summed E-state index contributed by atoms with van der Waals surface area (Å²) in [5, 5.41) is 0. The van der Waals surface area contributed by atoms with Gasteiger partial charge in [0.2, 0.25) is 0 Å². The van der Waals surface area contributed by atoms with E-state index in [4.69, 9.17) is 14.2 Å². The van der Waals surface area contributed by atoms with E-state index in [-0.39, 0.29) is 17.9 Å². The molecule has 2 aromatic rings. The number of benzene rings is 2. The van der Waals surface area contributed by atoms with Gasteiger partial charge in [-0.2, -0.15) is 13.2 Å². The van der Waals surface area contributed by atoms with E-state index in [1.165, 1.54) is 32.2 Å². The molecule has 31 heavy (non-hydrogen) atoms. The summed E-state index contributed by atoms with van der Waals surface area (Å²) >= 11 is 0. The zero-order valence-electron chi connectivity index (χ0n) is 18.0. The van der Waals surface area contributed by atoms with Crippen molar-refractivity contribution in [3.63, 3.8) is 0 Å². The second-order valence-electron chi connectivity index (χ2n) is 7.63. The van der Waals surface area contributed by atoms with E-state index < -0.39 is 30.2 Å². The Kier molecular flexibility index (Phi) is 6.50. The Bertz CT molecular complexity index is 932. The minimum Gasteiger partial charge on any atom is -0.493 e. The van der Waals surface area contributed by atoms with E-state index in [1.54, 1.807) is 43.3 Å². The summed E-state index contributed by atoms with van der Waals surface area (Å²) in [5.74, 6) is -0.855. The standard InChI is InChI=1S/C23H26F3NO4/c1-15(16-8-6-5-7-9-16)21(28)31-14-22(23(24,25)26)18-13-20(30-4)19(29-3)12-17(18)10-11-27(22)2/h5-9,12-13,15H,10-11,14H2,1-4H3/t15-,22-/m0/s1. The molecule has 0 fully saturated rings. The molecule has 5 nitrogen and oxygen atoms in total. The van der Waals surface area contributed by atoms with Crippen LogP contribution < -0.4 is 9.47 Å². The maximum absolute atomic E-state index is 14.6. The maximum Gasteiger partial charge on any atom is 0.414 e. The summed E-state index contributed by atoms with van der Waals surface area (Å²) in [6, 6.07) is 11.7. The molecule has 0 bridgehead atoms. The van der Waals surface area contributed by atoms with Gasteiger partial charge < -0.3 is 14.2 Å². The number of hydrogen-bond donors (Lipinski definition) is 0. The Morgan fingerprint density at radius 2 is 1.74 bits per heavy atom. The van der Waals surface area contributed by atoms with E-state index in [0.717, 1.165) is 0 Å². The lowest BCUT2D eigenvalue weighted by Crippen LogP contribution is -2.60. The van der Waals surface area contributed by atoms with Gasteiger partial charge in [-0.25, -0.2) is 0 Å². The van der Waals surface area contributed by atoms with Crippen LogP contribution in [0.15, 0.2) is 42.5 Å². The van der Waals surface area contributed by atoms with Crippen molar-refractivity contribution in [2.45, 2.75) is 31.0 Å². The molecule has 2 aromatic carbocycles. The van der Waals surface area contributed by atoms with E-state index in [1.807, 2.05) is 0 Å². The lowest BCUT2D eigenvalue weighted by molar-refractivity contribution is -0.251. The predicted molar refractivity (Wildman–Crippen MR) is 109 cm³/mol. The minimum atomic E-state index is -4.70. The summed E-state index contributed by atoms with van der Waals surface area (Å²) in [5.41, 5.74) is -1.32. The molecule has 0 saturated heterocycles. The Hall–Kier alpha value is -2.74. The number of fused-ring (bicyclic) bond motifs is 1. The van der Waals surface area contributed by atoms with Crippen molar-refractivity contribution < 1.29 is 32.2 Å². The third-order valence-electron chi connectivity index (χ3n) is 5.97. The predicted octanol–water partition coefficient (Wildman–Crippen LogP) is 4.30. The van der Waals surface area contributed by atoms with Crippen LogP contribution >= 0.6 is 0 Å². The third-order valence-corrected chi connectivity index (χ3v) is 5.97. The summed E-state index contributed by atoms with van der Waals surface area (Å²) in [7, 11) is 4.19. The second-order valence-corrected chi connectivity index (χ2v) is 7.63. The fourth-order valence-corrected chi connectivity index (χ4v) is 4.01. The fraction of sp³-hybridized carbons (Fsp3) is 0.435. The van der Waals surface area contributed by atoms with Crippen LogP contribution in [0.4, 0.5) is 13.2 Å². The van der Waals surface area contributed by atoms with Crippen LogP contribution in [-0.4, -0.2) is 51.5 Å². The van der Waals surface area contributed by atoms with Crippen LogP contribution in [0.3, 0.4) is 0 Å². The Labute approximate surface area is 179 Å². The first-order chi connectivity index (χ1) is 14.7. The summed E-state index contributed by atoms with van der Waals surface area (Å²) in [6.45, 7) is 0.906. The van der Waals surface area contributed by atoms with Crippen molar-refractivity contribution in [1.29, 1.82) is 0 Å². The normalized spacial score (nSPS) is 20.0. The molecule has 0 amide bonds. The lowest BCUT2D eigenvalue weighted by atomic mass is 9.80. The van der Waals surface area contributed by atoms with Crippen LogP contribution in [0.5, 0.6) is 11.5 Å². The lowest BCUT2D eigenvalue weighted by Gasteiger charge is -2.46. The van der Waals surface area contributed by atoms with Crippen LogP contribution in [0, 0.1) is 0 Å². The highest BCUT2D eigenvalue weighted by Crippen LogP contribution is 2.49. The average molecular weight is 437 g/mol. The molecule has 0 aliphatic carbocycles. The van der Waals surface area contributed by atoms with Gasteiger partial charge in [-0.05, 0) is 49.2 Å². The number of carbonyl (C=O) groups is 1. The number of hydrogen-bond acceptors (Lipinski definition) is 5. The number of methoxy groups -OCH3 is 2. The number of rotatable bonds is 6. The summed E-state index contributed by atoms with van der Waals surface area (Å²) < 4.78 is 59.7. The largest absolute Gasteiger partial charge is 0.493 e. The highest BCUT2D eigenvalue weighted by atomic mass is 19.4. The van der Waals surface area contributed by atoms with Gasteiger partial charge in [0.25, 0.3) is 0 Å². The van der Waals surface area contributed by atoms with Gasteiger partial charge in [-0.15, -0.1) is 0 Å². The van der Waals surface area contributed by atoms with Gasteiger partial charge in [0.15, 0.2) is 17.0 Å². The van der Waals surface area contributed by atoms with Crippen LogP contribution in [0.25, 0.3) is 0 Å². The zero-order valence-corrected chi connectivity index (χ0v) is 18.0. The summed E-state index contributed by atoms with van der Waals surface area (Å²) in [6.07, 6.45) is -4.30. The third kappa shape index (κ3) is 4.08. The monoisotopic (exact) mass is 437 g/mol. The van der Waals surface area contributed by atoms with Crippen LogP contribution in [0.1, 0.15) is 29.5 Å². The molecule has 0 radical (unpaired) electrons. The van der Waals surface area contributed by atoms with Gasteiger partial charge in [0.1, 0.15) is 6.61 Å². The second kappa shape index (κ2) is 8.78. The first kappa shape index (κ1) is 22.9. The van der Waals surface area contributed by atoms with E-state index in [2.05, 4.69) is 0 Å². The molecular formula is C23H26F3NO4. The van der Waals surface area contributed by atoms with Crippen LogP contribution in [-0.2, 0) is 21.5 Å². The first-order valence-corrected chi connectivity index (χ1v) is 9.90. The van der Waals surface area contributed by atoms with Gasteiger partial charge in [-0.1, -0.05) is 30.3 Å². The fourth-order valence-electron chi connectivity index (χ4n) is 4.01. The molecule has 1 aliphatic rings. The highest BCUT2D eigenvalue weighted by Gasteiger charge is 2.62. The van der Waals surface area contributed by atoms with Gasteiger partial charge >= 0.3 is 12.1 Å². The number of likely N-dealkylation sites (N-methyl/N-ethyl adjacent to an activating group) is 1. The number of alkyl halides is 3. The molecule has 0 saturated carbocycles. The molecule has 0 N–H and O–H groups in total. The number of ether oxygens (including phenoxy) is 3. The topological polar surface area (TPSA) is 48.0 Å². The van der Waals surface area contributed by atoms with E-state index >= 15 is 0 Å². The number of carbonyl (C=O) groups excluding carboxylic acids is 1. The Morgan fingerprint density at radius 3 is 2.32 bits per heavy atom. The van der Waals surface area contributed by atoms with Crippen LogP contribution in [0.2, 0.25) is 0 Å². The highest BCUT2D eigenvalue weighted by molar-refractivity contribution is 5.77. The van der Waals surface area contributed by atoms with E-state index in [0.29, 0.717) is 23.3 Å². The van der Waals surface area contributed by atoms with Crippen molar-refractivity contribution in [3.05, 3.63) is 59.2 Å². The van der Waals surface area contributed by atoms with Crippen molar-refractivity contribution >= 4 is 5.97 Å². The molecule has 168 valence electrons.